The molecule has 6 heteroatoms. The monoisotopic (exact) mass is 271 g/mol. The van der Waals surface area contributed by atoms with Crippen LogP contribution >= 0.6 is 11.3 Å². The molecule has 19 heavy (non-hydrogen) atoms. The maximum absolute atomic E-state index is 11.2. The fourth-order valence-corrected chi connectivity index (χ4v) is 2.94. The minimum absolute atomic E-state index is 0.202. The lowest BCUT2D eigenvalue weighted by Crippen LogP contribution is -1.95. The Labute approximate surface area is 112 Å². The number of aromatic carboxylic acids is 1. The molecule has 1 aromatic carbocycles. The molecule has 3 aromatic rings. The number of fused-ring (bicyclic) bond motifs is 1. The van der Waals surface area contributed by atoms with E-state index in [1.807, 2.05) is 12.1 Å². The smallest absolute Gasteiger partial charge is 0.336 e. The lowest BCUT2D eigenvalue weighted by Gasteiger charge is -1.96. The number of nitrogens with zero attached hydrogens (tertiary/aromatic N) is 2. The van der Waals surface area contributed by atoms with E-state index >= 15 is 0 Å². The van der Waals surface area contributed by atoms with Crippen LogP contribution in [0.15, 0.2) is 36.5 Å². The van der Waals surface area contributed by atoms with E-state index in [-0.39, 0.29) is 5.95 Å². The summed E-state index contributed by atoms with van der Waals surface area (Å²) in [5.74, 6) is -0.731. The molecule has 0 saturated carbocycles. The van der Waals surface area contributed by atoms with E-state index in [4.69, 9.17) is 10.8 Å². The van der Waals surface area contributed by atoms with E-state index < -0.39 is 5.97 Å². The van der Waals surface area contributed by atoms with E-state index in [2.05, 4.69) is 9.97 Å². The molecule has 0 aliphatic rings. The third kappa shape index (κ3) is 2.02. The Morgan fingerprint density at radius 1 is 1.32 bits per heavy atom. The first kappa shape index (κ1) is 11.6. The van der Waals surface area contributed by atoms with E-state index in [1.54, 1.807) is 24.4 Å². The topological polar surface area (TPSA) is 89.1 Å². The molecular formula is C13H9N3O2S. The number of carboxylic acids is 1. The van der Waals surface area contributed by atoms with Crippen LogP contribution in [0.1, 0.15) is 10.4 Å². The number of anilines is 1. The summed E-state index contributed by atoms with van der Waals surface area (Å²) in [6.07, 6.45) is 1.58. The average molecular weight is 271 g/mol. The Morgan fingerprint density at radius 3 is 2.89 bits per heavy atom. The summed E-state index contributed by atoms with van der Waals surface area (Å²) < 4.78 is 0.909. The average Bonchev–Trinajstić information content (AvgIpc) is 2.82. The number of carboxylic acid groups (broad SMARTS) is 1. The number of carbonyl (C=O) groups is 1. The summed E-state index contributed by atoms with van der Waals surface area (Å²) in [6.45, 7) is 0. The summed E-state index contributed by atoms with van der Waals surface area (Å²) in [4.78, 5) is 20.0. The predicted molar refractivity (Wildman–Crippen MR) is 74.2 cm³/mol. The first-order valence-electron chi connectivity index (χ1n) is 5.50. The molecule has 0 amide bonds. The van der Waals surface area contributed by atoms with Crippen LogP contribution < -0.4 is 5.73 Å². The molecular weight excluding hydrogens is 262 g/mol. The highest BCUT2D eigenvalue weighted by molar-refractivity contribution is 7.22. The third-order valence-electron chi connectivity index (χ3n) is 2.72. The molecule has 3 rings (SSSR count). The zero-order valence-corrected chi connectivity index (χ0v) is 10.5. The van der Waals surface area contributed by atoms with Crippen molar-refractivity contribution in [3.8, 4) is 10.6 Å². The van der Waals surface area contributed by atoms with Crippen LogP contribution in [0.4, 0.5) is 5.95 Å². The molecule has 2 heterocycles. The van der Waals surface area contributed by atoms with Gasteiger partial charge >= 0.3 is 5.97 Å². The van der Waals surface area contributed by atoms with E-state index in [9.17, 15) is 4.79 Å². The van der Waals surface area contributed by atoms with Crippen molar-refractivity contribution in [1.82, 2.24) is 9.97 Å². The van der Waals surface area contributed by atoms with Crippen molar-refractivity contribution < 1.29 is 9.90 Å². The number of thiophene rings is 1. The molecule has 5 nitrogen and oxygen atoms in total. The standard InChI is InChI=1S/C13H9N3O2S/c14-13-15-5-4-9(16-13)11-6-8-7(12(17)18)2-1-3-10(8)19-11/h1-6H,(H,17,18)(H2,14,15,16). The van der Waals surface area contributed by atoms with Crippen molar-refractivity contribution >= 4 is 33.3 Å². The number of hydrogen-bond donors (Lipinski definition) is 2. The Morgan fingerprint density at radius 2 is 2.16 bits per heavy atom. The second kappa shape index (κ2) is 4.33. The van der Waals surface area contributed by atoms with Crippen LogP contribution in [0.25, 0.3) is 20.7 Å². The van der Waals surface area contributed by atoms with Crippen molar-refractivity contribution in [3.63, 3.8) is 0 Å². The molecule has 0 aliphatic heterocycles. The molecule has 0 bridgehead atoms. The molecule has 94 valence electrons. The number of rotatable bonds is 2. The first-order chi connectivity index (χ1) is 9.15. The van der Waals surface area contributed by atoms with Gasteiger partial charge in [0.1, 0.15) is 0 Å². The molecule has 2 aromatic heterocycles. The van der Waals surface area contributed by atoms with Gasteiger partial charge in [-0.15, -0.1) is 11.3 Å². The van der Waals surface area contributed by atoms with Crippen molar-refractivity contribution in [2.45, 2.75) is 0 Å². The summed E-state index contributed by atoms with van der Waals surface area (Å²) in [5.41, 5.74) is 6.55. The number of nitrogen functional groups attached to an aromatic ring is 1. The van der Waals surface area contributed by atoms with E-state index in [0.29, 0.717) is 16.6 Å². The normalized spacial score (nSPS) is 10.7. The van der Waals surface area contributed by atoms with Gasteiger partial charge in [-0.1, -0.05) is 6.07 Å². The van der Waals surface area contributed by atoms with Crippen LogP contribution in [0.5, 0.6) is 0 Å². The van der Waals surface area contributed by atoms with Gasteiger partial charge in [-0.2, -0.15) is 0 Å². The molecule has 0 atom stereocenters. The summed E-state index contributed by atoms with van der Waals surface area (Å²) in [6, 6.07) is 8.79. The molecule has 0 spiro atoms. The van der Waals surface area contributed by atoms with Crippen molar-refractivity contribution in [1.29, 1.82) is 0 Å². The summed E-state index contributed by atoms with van der Waals surface area (Å²) >= 11 is 1.48. The minimum Gasteiger partial charge on any atom is -0.478 e. The SMILES string of the molecule is Nc1nccc(-c2cc3c(C(=O)O)cccc3s2)n1. The second-order valence-electron chi connectivity index (χ2n) is 3.93. The molecule has 0 saturated heterocycles. The predicted octanol–water partition coefficient (Wildman–Crippen LogP) is 2.64. The van der Waals surface area contributed by atoms with Crippen LogP contribution in [0, 0.1) is 0 Å². The van der Waals surface area contributed by atoms with Crippen LogP contribution in [-0.4, -0.2) is 21.0 Å². The van der Waals surface area contributed by atoms with Gasteiger partial charge in [-0.3, -0.25) is 0 Å². The van der Waals surface area contributed by atoms with E-state index in [1.165, 1.54) is 11.3 Å². The first-order valence-corrected chi connectivity index (χ1v) is 6.31. The van der Waals surface area contributed by atoms with Gasteiger partial charge in [0, 0.05) is 16.3 Å². The van der Waals surface area contributed by atoms with Crippen LogP contribution in [-0.2, 0) is 0 Å². The fourth-order valence-electron chi connectivity index (χ4n) is 1.88. The van der Waals surface area contributed by atoms with Crippen molar-refractivity contribution in [2.24, 2.45) is 0 Å². The number of benzene rings is 1. The maximum atomic E-state index is 11.2. The molecule has 0 aliphatic carbocycles. The number of hydrogen-bond acceptors (Lipinski definition) is 5. The molecule has 0 fully saturated rings. The zero-order valence-electron chi connectivity index (χ0n) is 9.70. The maximum Gasteiger partial charge on any atom is 0.336 e. The minimum atomic E-state index is -0.933. The van der Waals surface area contributed by atoms with Crippen molar-refractivity contribution in [2.75, 3.05) is 5.73 Å². The van der Waals surface area contributed by atoms with Gasteiger partial charge in [0.2, 0.25) is 5.95 Å². The Hall–Kier alpha value is -2.47. The molecule has 3 N–H and O–H groups in total. The van der Waals surface area contributed by atoms with Crippen LogP contribution in [0.2, 0.25) is 0 Å². The summed E-state index contributed by atoms with van der Waals surface area (Å²) in [7, 11) is 0. The third-order valence-corrected chi connectivity index (χ3v) is 3.84. The number of nitrogens with two attached hydrogens (primary N) is 1. The quantitative estimate of drug-likeness (QED) is 0.748. The Balaban J connectivity index is 2.22. The van der Waals surface area contributed by atoms with Crippen molar-refractivity contribution in [3.05, 3.63) is 42.1 Å². The van der Waals surface area contributed by atoms with Gasteiger partial charge in [-0.05, 0) is 24.3 Å². The Bertz CT molecular complexity index is 782. The highest BCUT2D eigenvalue weighted by Gasteiger charge is 2.12. The lowest BCUT2D eigenvalue weighted by atomic mass is 10.1. The van der Waals surface area contributed by atoms with Crippen LogP contribution in [0.3, 0.4) is 0 Å². The van der Waals surface area contributed by atoms with Gasteiger partial charge in [-0.25, -0.2) is 14.8 Å². The zero-order chi connectivity index (χ0) is 13.4. The molecule has 0 radical (unpaired) electrons. The Kier molecular flexibility index (Phi) is 2.64. The van der Waals surface area contributed by atoms with Gasteiger partial charge in [0.25, 0.3) is 0 Å². The molecule has 0 unspecified atom stereocenters. The van der Waals surface area contributed by atoms with Gasteiger partial charge in [0.15, 0.2) is 0 Å². The largest absolute Gasteiger partial charge is 0.478 e. The summed E-state index contributed by atoms with van der Waals surface area (Å²) in [5, 5.41) is 9.88. The lowest BCUT2D eigenvalue weighted by molar-refractivity contribution is 0.0699. The highest BCUT2D eigenvalue weighted by atomic mass is 32.1. The highest BCUT2D eigenvalue weighted by Crippen LogP contribution is 2.34. The second-order valence-corrected chi connectivity index (χ2v) is 5.02. The fraction of sp³-hybridized carbons (Fsp3) is 0. The van der Waals surface area contributed by atoms with E-state index in [0.717, 1.165) is 9.58 Å². The number of aromatic nitrogens is 2. The van der Waals surface area contributed by atoms with Gasteiger partial charge < -0.3 is 10.8 Å². The van der Waals surface area contributed by atoms with Gasteiger partial charge in [0.05, 0.1) is 16.1 Å².